The van der Waals surface area contributed by atoms with E-state index in [4.69, 9.17) is 4.42 Å². The average Bonchev–Trinajstić information content (AvgIpc) is 3.35. The number of fused-ring (bicyclic) bond motifs is 1. The summed E-state index contributed by atoms with van der Waals surface area (Å²) in [6.07, 6.45) is 3.81. The van der Waals surface area contributed by atoms with E-state index in [0.29, 0.717) is 18.8 Å². The highest BCUT2D eigenvalue weighted by Gasteiger charge is 2.40. The number of nitrogens with one attached hydrogen (secondary N) is 2. The number of hydrogen-bond donors (Lipinski definition) is 2. The second-order valence-electron chi connectivity index (χ2n) is 6.95. The van der Waals surface area contributed by atoms with E-state index < -0.39 is 0 Å². The Morgan fingerprint density at radius 1 is 1.29 bits per heavy atom. The molecule has 5 heteroatoms. The van der Waals surface area contributed by atoms with Gasteiger partial charge in [0.05, 0.1) is 12.5 Å². The molecule has 1 saturated carbocycles. The van der Waals surface area contributed by atoms with Gasteiger partial charge in [0.25, 0.3) is 0 Å². The van der Waals surface area contributed by atoms with E-state index in [0.717, 1.165) is 41.6 Å². The smallest absolute Gasteiger partial charge is 0.224 e. The SMILES string of the molecule is Cc1oc2ccccc2c1CC(=O)N[C@@H]1CCC(=O)N[C@H]1C1CC1. The molecule has 1 aromatic heterocycles. The topological polar surface area (TPSA) is 71.3 Å². The van der Waals surface area contributed by atoms with E-state index in [1.165, 1.54) is 0 Å². The van der Waals surface area contributed by atoms with Crippen LogP contribution in [-0.2, 0) is 16.0 Å². The van der Waals surface area contributed by atoms with Gasteiger partial charge in [-0.25, -0.2) is 0 Å². The van der Waals surface area contributed by atoms with Gasteiger partial charge >= 0.3 is 0 Å². The lowest BCUT2D eigenvalue weighted by molar-refractivity contribution is -0.127. The number of piperidine rings is 1. The van der Waals surface area contributed by atoms with Gasteiger partial charge in [0, 0.05) is 23.4 Å². The number of aryl methyl sites for hydroxylation is 1. The molecule has 1 aromatic carbocycles. The van der Waals surface area contributed by atoms with Gasteiger partial charge < -0.3 is 15.1 Å². The molecule has 0 unspecified atom stereocenters. The van der Waals surface area contributed by atoms with Crippen LogP contribution < -0.4 is 10.6 Å². The molecule has 2 amide bonds. The summed E-state index contributed by atoms with van der Waals surface area (Å²) in [6, 6.07) is 7.93. The van der Waals surface area contributed by atoms with Crippen molar-refractivity contribution in [2.45, 2.75) is 51.1 Å². The maximum atomic E-state index is 12.6. The van der Waals surface area contributed by atoms with E-state index in [-0.39, 0.29) is 23.9 Å². The Hall–Kier alpha value is -2.30. The molecule has 0 radical (unpaired) electrons. The van der Waals surface area contributed by atoms with Crippen LogP contribution in [0.25, 0.3) is 11.0 Å². The van der Waals surface area contributed by atoms with Crippen molar-refractivity contribution in [3.05, 3.63) is 35.6 Å². The first-order valence-electron chi connectivity index (χ1n) is 8.67. The Labute approximate surface area is 140 Å². The molecule has 2 aromatic rings. The van der Waals surface area contributed by atoms with E-state index in [9.17, 15) is 9.59 Å². The highest BCUT2D eigenvalue weighted by molar-refractivity contribution is 5.89. The predicted octanol–water partition coefficient (Wildman–Crippen LogP) is 2.46. The van der Waals surface area contributed by atoms with Gasteiger partial charge in [-0.3, -0.25) is 9.59 Å². The maximum Gasteiger partial charge on any atom is 0.224 e. The summed E-state index contributed by atoms with van der Waals surface area (Å²) in [5.41, 5.74) is 1.77. The van der Waals surface area contributed by atoms with Gasteiger partial charge in [0.2, 0.25) is 11.8 Å². The van der Waals surface area contributed by atoms with Crippen LogP contribution in [0.4, 0.5) is 0 Å². The predicted molar refractivity (Wildman–Crippen MR) is 90.5 cm³/mol. The van der Waals surface area contributed by atoms with Gasteiger partial charge in [-0.05, 0) is 38.2 Å². The number of para-hydroxylation sites is 1. The van der Waals surface area contributed by atoms with Crippen molar-refractivity contribution in [1.29, 1.82) is 0 Å². The Morgan fingerprint density at radius 3 is 2.88 bits per heavy atom. The normalized spacial score (nSPS) is 24.0. The molecular formula is C19H22N2O3. The van der Waals surface area contributed by atoms with E-state index in [2.05, 4.69) is 10.6 Å². The van der Waals surface area contributed by atoms with Crippen LogP contribution in [0.5, 0.6) is 0 Å². The van der Waals surface area contributed by atoms with Crippen molar-refractivity contribution < 1.29 is 14.0 Å². The first kappa shape index (κ1) is 15.2. The lowest BCUT2D eigenvalue weighted by Crippen LogP contribution is -2.56. The van der Waals surface area contributed by atoms with Gasteiger partial charge in [-0.1, -0.05) is 18.2 Å². The lowest BCUT2D eigenvalue weighted by atomic mass is 9.94. The van der Waals surface area contributed by atoms with E-state index in [1.807, 2.05) is 31.2 Å². The fraction of sp³-hybridized carbons (Fsp3) is 0.474. The number of furan rings is 1. The van der Waals surface area contributed by atoms with Crippen LogP contribution >= 0.6 is 0 Å². The number of rotatable bonds is 4. The molecule has 1 aliphatic carbocycles. The third-order valence-electron chi connectivity index (χ3n) is 5.16. The minimum absolute atomic E-state index is 0.00329. The summed E-state index contributed by atoms with van der Waals surface area (Å²) in [4.78, 5) is 24.2. The van der Waals surface area contributed by atoms with Gasteiger partial charge in [0.1, 0.15) is 11.3 Å². The molecule has 0 spiro atoms. The number of amides is 2. The summed E-state index contributed by atoms with van der Waals surface area (Å²) >= 11 is 0. The molecule has 24 heavy (non-hydrogen) atoms. The minimum atomic E-state index is -0.00329. The number of carbonyl (C=O) groups is 2. The molecular weight excluding hydrogens is 304 g/mol. The molecule has 1 saturated heterocycles. The molecule has 2 heterocycles. The third-order valence-corrected chi connectivity index (χ3v) is 5.16. The molecule has 1 aliphatic heterocycles. The molecule has 2 aliphatic rings. The molecule has 4 rings (SSSR count). The van der Waals surface area contributed by atoms with Crippen molar-refractivity contribution >= 4 is 22.8 Å². The lowest BCUT2D eigenvalue weighted by Gasteiger charge is -2.33. The Balaban J connectivity index is 1.47. The van der Waals surface area contributed by atoms with Gasteiger partial charge in [0.15, 0.2) is 0 Å². The van der Waals surface area contributed by atoms with Crippen LogP contribution in [0.3, 0.4) is 0 Å². The van der Waals surface area contributed by atoms with Crippen molar-refractivity contribution in [1.82, 2.24) is 10.6 Å². The molecule has 126 valence electrons. The Morgan fingerprint density at radius 2 is 2.08 bits per heavy atom. The molecule has 2 N–H and O–H groups in total. The summed E-state index contributed by atoms with van der Waals surface area (Å²) < 4.78 is 5.74. The van der Waals surface area contributed by atoms with Crippen LogP contribution in [0.15, 0.2) is 28.7 Å². The van der Waals surface area contributed by atoms with Crippen molar-refractivity contribution in [3.8, 4) is 0 Å². The Kier molecular flexibility index (Phi) is 3.79. The fourth-order valence-corrected chi connectivity index (χ4v) is 3.75. The van der Waals surface area contributed by atoms with Crippen LogP contribution in [0, 0.1) is 12.8 Å². The number of benzene rings is 1. The Bertz CT molecular complexity index is 791. The zero-order valence-electron chi connectivity index (χ0n) is 13.8. The summed E-state index contributed by atoms with van der Waals surface area (Å²) in [7, 11) is 0. The largest absolute Gasteiger partial charge is 0.461 e. The first-order valence-corrected chi connectivity index (χ1v) is 8.67. The number of hydrogen-bond acceptors (Lipinski definition) is 3. The summed E-state index contributed by atoms with van der Waals surface area (Å²) in [5.74, 6) is 1.42. The van der Waals surface area contributed by atoms with Crippen LogP contribution in [-0.4, -0.2) is 23.9 Å². The quantitative estimate of drug-likeness (QED) is 0.906. The average molecular weight is 326 g/mol. The monoisotopic (exact) mass is 326 g/mol. The van der Waals surface area contributed by atoms with Crippen molar-refractivity contribution in [3.63, 3.8) is 0 Å². The van der Waals surface area contributed by atoms with E-state index >= 15 is 0 Å². The van der Waals surface area contributed by atoms with Crippen LogP contribution in [0.1, 0.15) is 37.0 Å². The zero-order chi connectivity index (χ0) is 16.7. The third kappa shape index (κ3) is 2.90. The standard InChI is InChI=1S/C19H22N2O3/c1-11-14(13-4-2-3-5-16(13)24-11)10-18(23)20-15-8-9-17(22)21-19(15)12-6-7-12/h2-5,12,15,19H,6-10H2,1H3,(H,20,23)(H,21,22)/t15-,19+/m1/s1. The fourth-order valence-electron chi connectivity index (χ4n) is 3.75. The van der Waals surface area contributed by atoms with Gasteiger partial charge in [-0.2, -0.15) is 0 Å². The van der Waals surface area contributed by atoms with Crippen molar-refractivity contribution in [2.75, 3.05) is 0 Å². The summed E-state index contributed by atoms with van der Waals surface area (Å²) in [5, 5.41) is 7.21. The molecule has 5 nitrogen and oxygen atoms in total. The van der Waals surface area contributed by atoms with Crippen molar-refractivity contribution in [2.24, 2.45) is 5.92 Å². The molecule has 0 bridgehead atoms. The summed E-state index contributed by atoms with van der Waals surface area (Å²) in [6.45, 7) is 1.90. The highest BCUT2D eigenvalue weighted by Crippen LogP contribution is 2.36. The minimum Gasteiger partial charge on any atom is -0.461 e. The molecule has 2 fully saturated rings. The second-order valence-corrected chi connectivity index (χ2v) is 6.95. The highest BCUT2D eigenvalue weighted by atomic mass is 16.3. The zero-order valence-corrected chi connectivity index (χ0v) is 13.8. The van der Waals surface area contributed by atoms with E-state index in [1.54, 1.807) is 0 Å². The first-order chi connectivity index (χ1) is 11.6. The maximum absolute atomic E-state index is 12.6. The van der Waals surface area contributed by atoms with Crippen LogP contribution in [0.2, 0.25) is 0 Å². The van der Waals surface area contributed by atoms with Gasteiger partial charge in [-0.15, -0.1) is 0 Å². The molecule has 2 atom stereocenters. The second kappa shape index (κ2) is 5.96. The number of carbonyl (C=O) groups excluding carboxylic acids is 2.